The zero-order valence-corrected chi connectivity index (χ0v) is 20.6. The minimum Gasteiger partial charge on any atom is -0.376 e. The Hall–Kier alpha value is -1.95. The third-order valence-electron chi connectivity index (χ3n) is 5.14. The minimum atomic E-state index is -3.78. The van der Waals surface area contributed by atoms with Crippen LogP contribution in [0.5, 0.6) is 0 Å². The van der Waals surface area contributed by atoms with Gasteiger partial charge in [0.05, 0.1) is 30.2 Å². The van der Waals surface area contributed by atoms with Crippen LogP contribution in [-0.4, -0.2) is 50.2 Å². The predicted molar refractivity (Wildman–Crippen MR) is 126 cm³/mol. The first-order valence-electron chi connectivity index (χ1n) is 10.4. The molecule has 1 aliphatic rings. The van der Waals surface area contributed by atoms with E-state index in [0.717, 1.165) is 11.1 Å². The minimum absolute atomic E-state index is 0.190. The van der Waals surface area contributed by atoms with E-state index in [1.165, 1.54) is 4.31 Å². The summed E-state index contributed by atoms with van der Waals surface area (Å²) in [6, 6.07) is 15.3. The molecule has 4 atom stereocenters. The molecule has 0 aliphatic carbocycles. The van der Waals surface area contributed by atoms with E-state index >= 15 is 0 Å². The van der Waals surface area contributed by atoms with Gasteiger partial charge in [0, 0.05) is 0 Å². The smallest absolute Gasteiger partial charge is 0.243 e. The van der Waals surface area contributed by atoms with Crippen LogP contribution in [0.3, 0.4) is 0 Å². The lowest BCUT2D eigenvalue weighted by Gasteiger charge is -2.18. The highest BCUT2D eigenvalue weighted by molar-refractivity contribution is 7.89. The molecule has 166 valence electrons. The van der Waals surface area contributed by atoms with Crippen LogP contribution in [0.15, 0.2) is 59.5 Å². The highest BCUT2D eigenvalue weighted by Crippen LogP contribution is 2.42. The van der Waals surface area contributed by atoms with Crippen LogP contribution in [0.25, 0.3) is 0 Å². The Morgan fingerprint density at radius 3 is 2.29 bits per heavy atom. The molecule has 1 unspecified atom stereocenters. The predicted octanol–water partition coefficient (Wildman–Crippen LogP) is 3.59. The Bertz CT molecular complexity index is 1060. The van der Waals surface area contributed by atoms with Crippen LogP contribution in [0.4, 0.5) is 0 Å². The van der Waals surface area contributed by atoms with E-state index in [1.54, 1.807) is 31.2 Å². The van der Waals surface area contributed by atoms with Gasteiger partial charge in [-0.1, -0.05) is 73.6 Å². The zero-order valence-electron chi connectivity index (χ0n) is 18.8. The quantitative estimate of drug-likeness (QED) is 0.392. The number of ether oxygens (including phenoxy) is 1. The summed E-state index contributed by atoms with van der Waals surface area (Å²) in [7, 11) is -5.51. The molecule has 0 amide bonds. The van der Waals surface area contributed by atoms with Crippen molar-refractivity contribution in [2.24, 2.45) is 0 Å². The summed E-state index contributed by atoms with van der Waals surface area (Å²) in [5.41, 5.74) is 3.72. The molecule has 2 aromatic rings. The van der Waals surface area contributed by atoms with Crippen molar-refractivity contribution in [2.75, 3.05) is 6.61 Å². The summed E-state index contributed by atoms with van der Waals surface area (Å²) in [5.74, 6) is 2.97. The molecule has 31 heavy (non-hydrogen) atoms. The second-order valence-electron chi connectivity index (χ2n) is 9.31. The SMILES string of the molecule is Cc1ccc(S(=O)(=O)N2[C@H](COCc3ccccc3)[C@H]2[C@@](C)(O)C#C[Si](C)(C)C)cc1. The average Bonchev–Trinajstić information content (AvgIpc) is 3.44. The Labute approximate surface area is 187 Å². The molecule has 0 aromatic heterocycles. The Kier molecular flexibility index (Phi) is 6.80. The van der Waals surface area contributed by atoms with Crippen LogP contribution < -0.4 is 0 Å². The molecule has 0 spiro atoms. The highest BCUT2D eigenvalue weighted by Gasteiger charge is 2.63. The fourth-order valence-electron chi connectivity index (χ4n) is 3.46. The van der Waals surface area contributed by atoms with Crippen molar-refractivity contribution in [3.63, 3.8) is 0 Å². The monoisotopic (exact) mass is 457 g/mol. The maximum atomic E-state index is 13.3. The van der Waals surface area contributed by atoms with Gasteiger partial charge in [-0.25, -0.2) is 8.42 Å². The van der Waals surface area contributed by atoms with Crippen molar-refractivity contribution in [1.29, 1.82) is 0 Å². The van der Waals surface area contributed by atoms with Gasteiger partial charge in [-0.2, -0.15) is 4.31 Å². The Morgan fingerprint density at radius 1 is 1.10 bits per heavy atom. The van der Waals surface area contributed by atoms with Crippen LogP contribution >= 0.6 is 0 Å². The number of nitrogens with zero attached hydrogens (tertiary/aromatic N) is 1. The summed E-state index contributed by atoms with van der Waals surface area (Å²) >= 11 is 0. The molecule has 5 nitrogen and oxygen atoms in total. The maximum Gasteiger partial charge on any atom is 0.243 e. The lowest BCUT2D eigenvalue weighted by atomic mass is 10.0. The average molecular weight is 458 g/mol. The van der Waals surface area contributed by atoms with Crippen molar-refractivity contribution in [3.05, 3.63) is 65.7 Å². The summed E-state index contributed by atoms with van der Waals surface area (Å²) in [4.78, 5) is 0.211. The van der Waals surface area contributed by atoms with E-state index < -0.39 is 35.8 Å². The highest BCUT2D eigenvalue weighted by atomic mass is 32.2. The van der Waals surface area contributed by atoms with Crippen molar-refractivity contribution in [2.45, 2.75) is 62.7 Å². The lowest BCUT2D eigenvalue weighted by Crippen LogP contribution is -2.35. The fourth-order valence-corrected chi connectivity index (χ4v) is 5.94. The van der Waals surface area contributed by atoms with E-state index in [9.17, 15) is 13.5 Å². The van der Waals surface area contributed by atoms with Crippen LogP contribution in [0.1, 0.15) is 18.1 Å². The van der Waals surface area contributed by atoms with Gasteiger partial charge in [-0.15, -0.1) is 5.54 Å². The summed E-state index contributed by atoms with van der Waals surface area (Å²) < 4.78 is 33.8. The summed E-state index contributed by atoms with van der Waals surface area (Å²) in [5, 5.41) is 11.1. The molecule has 1 N–H and O–H groups in total. The van der Waals surface area contributed by atoms with E-state index in [4.69, 9.17) is 4.74 Å². The number of hydrogen-bond donors (Lipinski definition) is 1. The number of benzene rings is 2. The van der Waals surface area contributed by atoms with Crippen molar-refractivity contribution in [1.82, 2.24) is 4.31 Å². The third kappa shape index (κ3) is 5.85. The van der Waals surface area contributed by atoms with Crippen LogP contribution in [0, 0.1) is 18.4 Å². The van der Waals surface area contributed by atoms with Crippen molar-refractivity contribution in [3.8, 4) is 11.5 Å². The van der Waals surface area contributed by atoms with E-state index in [0.29, 0.717) is 6.61 Å². The van der Waals surface area contributed by atoms with E-state index in [2.05, 4.69) is 31.1 Å². The molecular formula is C24H31NO4SSi. The first-order chi connectivity index (χ1) is 14.4. The number of aliphatic hydroxyl groups is 1. The summed E-state index contributed by atoms with van der Waals surface area (Å²) in [6.07, 6.45) is 0. The first-order valence-corrected chi connectivity index (χ1v) is 15.3. The Morgan fingerprint density at radius 2 is 1.71 bits per heavy atom. The molecule has 1 fully saturated rings. The molecule has 3 rings (SSSR count). The maximum absolute atomic E-state index is 13.3. The number of hydrogen-bond acceptors (Lipinski definition) is 4. The van der Waals surface area contributed by atoms with Gasteiger partial charge < -0.3 is 9.84 Å². The van der Waals surface area contributed by atoms with Gasteiger partial charge in [0.1, 0.15) is 13.7 Å². The summed E-state index contributed by atoms with van der Waals surface area (Å²) in [6.45, 7) is 10.3. The largest absolute Gasteiger partial charge is 0.376 e. The second kappa shape index (κ2) is 8.89. The standard InChI is InChI=1S/C24H31NO4SSi/c1-19-11-13-21(14-12-19)30(27,28)25-22(18-29-17-20-9-7-6-8-10-20)23(25)24(2,26)15-16-31(3,4)5/h6-14,22-23,26H,17-18H2,1-5H3/t22-,23+,24+,25?/m1/s1. The number of sulfonamides is 1. The molecular weight excluding hydrogens is 426 g/mol. The van der Waals surface area contributed by atoms with Crippen molar-refractivity contribution >= 4 is 18.1 Å². The first kappa shape index (κ1) is 23.7. The second-order valence-corrected chi connectivity index (χ2v) is 15.9. The Balaban J connectivity index is 1.84. The van der Waals surface area contributed by atoms with Crippen molar-refractivity contribution < 1.29 is 18.3 Å². The van der Waals surface area contributed by atoms with Gasteiger partial charge in [-0.3, -0.25) is 0 Å². The van der Waals surface area contributed by atoms with E-state index in [1.807, 2.05) is 37.3 Å². The molecule has 7 heteroatoms. The van der Waals surface area contributed by atoms with Gasteiger partial charge >= 0.3 is 0 Å². The van der Waals surface area contributed by atoms with E-state index in [-0.39, 0.29) is 11.5 Å². The normalized spacial score (nSPS) is 22.8. The van der Waals surface area contributed by atoms with Gasteiger partial charge in [-0.05, 0) is 31.5 Å². The lowest BCUT2D eigenvalue weighted by molar-refractivity contribution is 0.0965. The molecule has 0 bridgehead atoms. The zero-order chi connectivity index (χ0) is 22.9. The van der Waals surface area contributed by atoms with Crippen LogP contribution in [-0.2, 0) is 21.4 Å². The van der Waals surface area contributed by atoms with Gasteiger partial charge in [0.2, 0.25) is 10.0 Å². The van der Waals surface area contributed by atoms with Crippen LogP contribution in [0.2, 0.25) is 19.6 Å². The molecule has 1 saturated heterocycles. The molecule has 1 aliphatic heterocycles. The molecule has 0 radical (unpaired) electrons. The topological polar surface area (TPSA) is 66.6 Å². The molecule has 2 aromatic carbocycles. The fraction of sp³-hybridized carbons (Fsp3) is 0.417. The molecule has 0 saturated carbocycles. The third-order valence-corrected chi connectivity index (χ3v) is 7.93. The number of aryl methyl sites for hydroxylation is 1. The van der Waals surface area contributed by atoms with Gasteiger partial charge in [0.15, 0.2) is 0 Å². The number of rotatable bonds is 7. The molecule has 1 heterocycles. The van der Waals surface area contributed by atoms with Gasteiger partial charge in [0.25, 0.3) is 0 Å².